The minimum atomic E-state index is -4.64. The highest BCUT2D eigenvalue weighted by atomic mass is 32.2. The number of benzene rings is 2. The number of hydrogen-bond donors (Lipinski definition) is 2. The van der Waals surface area contributed by atoms with E-state index in [4.69, 9.17) is 5.14 Å². The lowest BCUT2D eigenvalue weighted by molar-refractivity contribution is -0.140. The smallest absolute Gasteiger partial charge is 0.334 e. The molecule has 1 aromatic heterocycles. The van der Waals surface area contributed by atoms with E-state index in [1.54, 1.807) is 30.3 Å². The van der Waals surface area contributed by atoms with Crippen LogP contribution in [0.25, 0.3) is 22.6 Å². The van der Waals surface area contributed by atoms with Crippen molar-refractivity contribution in [1.82, 2.24) is 9.97 Å². The molecule has 25 heavy (non-hydrogen) atoms. The van der Waals surface area contributed by atoms with Crippen LogP contribution in [0.3, 0.4) is 0 Å². The van der Waals surface area contributed by atoms with Crippen LogP contribution in [0, 0.1) is 0 Å². The summed E-state index contributed by atoms with van der Waals surface area (Å²) in [5.41, 5.74) is -0.694. The van der Waals surface area contributed by atoms with Crippen molar-refractivity contribution >= 4 is 10.0 Å². The number of primary sulfonamides is 1. The molecular formula is C16H12F3N3O2S. The van der Waals surface area contributed by atoms with Gasteiger partial charge in [-0.15, -0.1) is 0 Å². The fourth-order valence-electron chi connectivity index (χ4n) is 2.32. The number of nitrogens with two attached hydrogens (primary N) is 1. The Morgan fingerprint density at radius 1 is 0.920 bits per heavy atom. The molecule has 3 aromatic rings. The van der Waals surface area contributed by atoms with Crippen molar-refractivity contribution in [2.75, 3.05) is 0 Å². The molecule has 3 rings (SSSR count). The third-order valence-electron chi connectivity index (χ3n) is 3.49. The van der Waals surface area contributed by atoms with Crippen molar-refractivity contribution in [3.05, 3.63) is 60.3 Å². The molecule has 3 N–H and O–H groups in total. The van der Waals surface area contributed by atoms with E-state index >= 15 is 0 Å². The Bertz CT molecular complexity index is 995. The van der Waals surface area contributed by atoms with Crippen molar-refractivity contribution < 1.29 is 21.6 Å². The van der Waals surface area contributed by atoms with E-state index in [0.717, 1.165) is 12.1 Å². The molecule has 0 fully saturated rings. The Morgan fingerprint density at radius 2 is 1.52 bits per heavy atom. The first kappa shape index (κ1) is 17.2. The van der Waals surface area contributed by atoms with Gasteiger partial charge >= 0.3 is 6.18 Å². The van der Waals surface area contributed by atoms with Crippen LogP contribution < -0.4 is 5.14 Å². The lowest BCUT2D eigenvalue weighted by atomic mass is 10.1. The summed E-state index contributed by atoms with van der Waals surface area (Å²) in [5, 5.41) is 5.00. The first-order chi connectivity index (χ1) is 11.7. The Hall–Kier alpha value is -2.65. The van der Waals surface area contributed by atoms with E-state index in [2.05, 4.69) is 9.97 Å². The van der Waals surface area contributed by atoms with Gasteiger partial charge < -0.3 is 4.98 Å². The molecule has 0 aliphatic rings. The molecule has 0 saturated heterocycles. The maximum absolute atomic E-state index is 13.3. The SMILES string of the molecule is NS(=O)(=O)c1ccc(-c2nc(-c3ccccc3)[nH]c2C(F)(F)F)cc1. The van der Waals surface area contributed by atoms with E-state index in [1.165, 1.54) is 12.1 Å². The fraction of sp³-hybridized carbons (Fsp3) is 0.0625. The fourth-order valence-corrected chi connectivity index (χ4v) is 2.84. The van der Waals surface area contributed by atoms with Gasteiger partial charge in [-0.1, -0.05) is 42.5 Å². The number of nitrogens with one attached hydrogen (secondary N) is 1. The molecule has 0 radical (unpaired) electrons. The zero-order valence-electron chi connectivity index (χ0n) is 12.6. The molecule has 0 atom stereocenters. The lowest BCUT2D eigenvalue weighted by Crippen LogP contribution is -2.12. The highest BCUT2D eigenvalue weighted by molar-refractivity contribution is 7.89. The first-order valence-electron chi connectivity index (χ1n) is 7.02. The summed E-state index contributed by atoms with van der Waals surface area (Å²) in [6, 6.07) is 13.1. The van der Waals surface area contributed by atoms with Gasteiger partial charge in [0.1, 0.15) is 17.2 Å². The molecule has 1 heterocycles. The molecular weight excluding hydrogens is 355 g/mol. The molecule has 0 saturated carbocycles. The van der Waals surface area contributed by atoms with Crippen LogP contribution in [0.5, 0.6) is 0 Å². The minimum Gasteiger partial charge on any atom is -0.334 e. The summed E-state index contributed by atoms with van der Waals surface area (Å²) in [6.45, 7) is 0. The molecule has 2 aromatic carbocycles. The van der Waals surface area contributed by atoms with Gasteiger partial charge in [-0.3, -0.25) is 0 Å². The summed E-state index contributed by atoms with van der Waals surface area (Å²) in [6.07, 6.45) is -4.64. The Morgan fingerprint density at radius 3 is 2.04 bits per heavy atom. The van der Waals surface area contributed by atoms with E-state index in [9.17, 15) is 21.6 Å². The second kappa shape index (κ2) is 6.01. The van der Waals surface area contributed by atoms with Gasteiger partial charge in [-0.2, -0.15) is 13.2 Å². The van der Waals surface area contributed by atoms with Gasteiger partial charge in [0.15, 0.2) is 0 Å². The number of sulfonamides is 1. The normalized spacial score (nSPS) is 12.3. The number of aromatic amines is 1. The standard InChI is InChI=1S/C16H12F3N3O2S/c17-16(18,19)14-13(10-6-8-12(9-7-10)25(20,23)24)21-15(22-14)11-4-2-1-3-5-11/h1-9H,(H,21,22)(H2,20,23,24). The average molecular weight is 367 g/mol. The number of alkyl halides is 3. The van der Waals surface area contributed by atoms with Gasteiger partial charge in [0.05, 0.1) is 4.90 Å². The highest BCUT2D eigenvalue weighted by Gasteiger charge is 2.37. The van der Waals surface area contributed by atoms with Crippen LogP contribution >= 0.6 is 0 Å². The van der Waals surface area contributed by atoms with Gasteiger partial charge in [0, 0.05) is 11.1 Å². The van der Waals surface area contributed by atoms with Gasteiger partial charge in [-0.05, 0) is 12.1 Å². The Balaban J connectivity index is 2.13. The van der Waals surface area contributed by atoms with Crippen LogP contribution in [0.2, 0.25) is 0 Å². The number of hydrogen-bond acceptors (Lipinski definition) is 3. The Labute approximate surface area is 141 Å². The number of H-pyrrole nitrogens is 1. The largest absolute Gasteiger partial charge is 0.433 e. The zero-order chi connectivity index (χ0) is 18.2. The summed E-state index contributed by atoms with van der Waals surface area (Å²) in [7, 11) is -3.93. The highest BCUT2D eigenvalue weighted by Crippen LogP contribution is 2.37. The third-order valence-corrected chi connectivity index (χ3v) is 4.42. The minimum absolute atomic E-state index is 0.0680. The predicted molar refractivity (Wildman–Crippen MR) is 85.8 cm³/mol. The van der Waals surface area contributed by atoms with Crippen LogP contribution in [-0.4, -0.2) is 18.4 Å². The van der Waals surface area contributed by atoms with Crippen molar-refractivity contribution in [2.24, 2.45) is 5.14 Å². The van der Waals surface area contributed by atoms with Gasteiger partial charge in [0.25, 0.3) is 0 Å². The van der Waals surface area contributed by atoms with E-state index in [-0.39, 0.29) is 22.0 Å². The summed E-state index contributed by atoms with van der Waals surface area (Å²) in [5.74, 6) is 0.0680. The van der Waals surface area contributed by atoms with E-state index in [1.807, 2.05) is 0 Å². The molecule has 0 amide bonds. The van der Waals surface area contributed by atoms with Crippen LogP contribution in [0.1, 0.15) is 5.69 Å². The monoisotopic (exact) mass is 367 g/mol. The molecule has 0 bridgehead atoms. The molecule has 0 spiro atoms. The molecule has 0 aliphatic heterocycles. The summed E-state index contributed by atoms with van der Waals surface area (Å²) >= 11 is 0. The summed E-state index contributed by atoms with van der Waals surface area (Å²) < 4.78 is 62.6. The van der Waals surface area contributed by atoms with Gasteiger partial charge in [0.2, 0.25) is 10.0 Å². The van der Waals surface area contributed by atoms with Crippen LogP contribution in [-0.2, 0) is 16.2 Å². The van der Waals surface area contributed by atoms with Crippen molar-refractivity contribution in [3.8, 4) is 22.6 Å². The summed E-state index contributed by atoms with van der Waals surface area (Å²) in [4.78, 5) is 6.16. The van der Waals surface area contributed by atoms with Crippen molar-refractivity contribution in [3.63, 3.8) is 0 Å². The first-order valence-corrected chi connectivity index (χ1v) is 8.57. The number of halogens is 3. The maximum atomic E-state index is 13.3. The quantitative estimate of drug-likeness (QED) is 0.743. The third kappa shape index (κ3) is 3.57. The molecule has 5 nitrogen and oxygen atoms in total. The number of rotatable bonds is 3. The maximum Gasteiger partial charge on any atom is 0.433 e. The van der Waals surface area contributed by atoms with Crippen molar-refractivity contribution in [2.45, 2.75) is 11.1 Å². The predicted octanol–water partition coefficient (Wildman–Crippen LogP) is 3.41. The molecule has 0 unspecified atom stereocenters. The van der Waals surface area contributed by atoms with Crippen molar-refractivity contribution in [1.29, 1.82) is 0 Å². The molecule has 9 heteroatoms. The van der Waals surface area contributed by atoms with E-state index < -0.39 is 21.9 Å². The lowest BCUT2D eigenvalue weighted by Gasteiger charge is -2.07. The van der Waals surface area contributed by atoms with Crippen LogP contribution in [0.15, 0.2) is 59.5 Å². The average Bonchev–Trinajstić information content (AvgIpc) is 3.01. The Kier molecular flexibility index (Phi) is 4.13. The van der Waals surface area contributed by atoms with Gasteiger partial charge in [-0.25, -0.2) is 18.5 Å². The second-order valence-corrected chi connectivity index (χ2v) is 6.80. The number of imidazole rings is 1. The molecule has 0 aliphatic carbocycles. The topological polar surface area (TPSA) is 88.8 Å². The van der Waals surface area contributed by atoms with E-state index in [0.29, 0.717) is 5.56 Å². The molecule has 130 valence electrons. The van der Waals surface area contributed by atoms with Crippen LogP contribution in [0.4, 0.5) is 13.2 Å². The zero-order valence-corrected chi connectivity index (χ0v) is 13.4. The second-order valence-electron chi connectivity index (χ2n) is 5.24. The number of nitrogens with zero attached hydrogens (tertiary/aromatic N) is 1. The number of aromatic nitrogens is 2.